The van der Waals surface area contributed by atoms with E-state index in [0.29, 0.717) is 12.5 Å². The Balaban J connectivity index is 2.15. The van der Waals surface area contributed by atoms with E-state index in [1.807, 2.05) is 18.2 Å². The van der Waals surface area contributed by atoms with Crippen molar-refractivity contribution in [2.75, 3.05) is 19.7 Å². The van der Waals surface area contributed by atoms with Gasteiger partial charge in [-0.05, 0) is 30.5 Å². The molecule has 2 atom stereocenters. The second kappa shape index (κ2) is 6.72. The Morgan fingerprint density at radius 3 is 2.95 bits per heavy atom. The van der Waals surface area contributed by atoms with Gasteiger partial charge in [0.15, 0.2) is 0 Å². The minimum absolute atomic E-state index is 0.234. The summed E-state index contributed by atoms with van der Waals surface area (Å²) in [7, 11) is 0. The highest BCUT2D eigenvalue weighted by Gasteiger charge is 2.30. The lowest BCUT2D eigenvalue weighted by molar-refractivity contribution is 0.134. The van der Waals surface area contributed by atoms with Crippen molar-refractivity contribution in [3.8, 4) is 11.8 Å². The molecule has 1 aliphatic rings. The van der Waals surface area contributed by atoms with E-state index in [2.05, 4.69) is 29.7 Å². The Morgan fingerprint density at radius 1 is 1.42 bits per heavy atom. The molecular weight excluding hydrogens is 236 g/mol. The standard InChI is InChI=1S/C16H22N2O/c1-13-8-10-18(16(13)12-19)11-15-6-3-2-5-14(15)7-4-9-17/h2-3,5-6,13,16,19H,8-12,17H2,1H3. The maximum atomic E-state index is 9.51. The van der Waals surface area contributed by atoms with Gasteiger partial charge in [0.1, 0.15) is 0 Å². The van der Waals surface area contributed by atoms with Crippen molar-refractivity contribution in [2.45, 2.75) is 25.9 Å². The van der Waals surface area contributed by atoms with Crippen LogP contribution in [0.1, 0.15) is 24.5 Å². The van der Waals surface area contributed by atoms with Gasteiger partial charge in [-0.1, -0.05) is 37.0 Å². The van der Waals surface area contributed by atoms with Crippen molar-refractivity contribution in [1.29, 1.82) is 0 Å². The molecule has 0 spiro atoms. The molecule has 3 nitrogen and oxygen atoms in total. The number of aliphatic hydroxyl groups is 1. The number of hydrogen-bond donors (Lipinski definition) is 2. The third kappa shape index (κ3) is 3.36. The predicted octanol–water partition coefficient (Wildman–Crippen LogP) is 1.20. The summed E-state index contributed by atoms with van der Waals surface area (Å²) >= 11 is 0. The molecule has 1 aliphatic heterocycles. The highest BCUT2D eigenvalue weighted by atomic mass is 16.3. The topological polar surface area (TPSA) is 49.5 Å². The van der Waals surface area contributed by atoms with Gasteiger partial charge in [-0.3, -0.25) is 4.90 Å². The van der Waals surface area contributed by atoms with Crippen LogP contribution >= 0.6 is 0 Å². The van der Waals surface area contributed by atoms with Gasteiger partial charge in [0.2, 0.25) is 0 Å². The Morgan fingerprint density at radius 2 is 2.21 bits per heavy atom. The van der Waals surface area contributed by atoms with E-state index in [1.165, 1.54) is 5.56 Å². The van der Waals surface area contributed by atoms with Gasteiger partial charge in [0.25, 0.3) is 0 Å². The lowest BCUT2D eigenvalue weighted by atomic mass is 10.0. The maximum absolute atomic E-state index is 9.51. The molecule has 0 aromatic heterocycles. The zero-order valence-electron chi connectivity index (χ0n) is 11.5. The van der Waals surface area contributed by atoms with Gasteiger partial charge < -0.3 is 10.8 Å². The molecule has 1 saturated heterocycles. The lowest BCUT2D eigenvalue weighted by Crippen LogP contribution is -2.34. The summed E-state index contributed by atoms with van der Waals surface area (Å²) in [4.78, 5) is 2.35. The van der Waals surface area contributed by atoms with Crippen LogP contribution in [0.5, 0.6) is 0 Å². The SMILES string of the molecule is CC1CCN(Cc2ccccc2C#CCN)C1CO. The van der Waals surface area contributed by atoms with Gasteiger partial charge in [-0.15, -0.1) is 0 Å². The fraction of sp³-hybridized carbons (Fsp3) is 0.500. The van der Waals surface area contributed by atoms with Crippen molar-refractivity contribution in [2.24, 2.45) is 11.7 Å². The Labute approximate surface area is 115 Å². The Bertz CT molecular complexity index is 475. The average molecular weight is 258 g/mol. The number of nitrogens with two attached hydrogens (primary N) is 1. The van der Waals surface area contributed by atoms with Crippen molar-refractivity contribution >= 4 is 0 Å². The minimum atomic E-state index is 0.234. The van der Waals surface area contributed by atoms with E-state index >= 15 is 0 Å². The molecule has 0 radical (unpaired) electrons. The van der Waals surface area contributed by atoms with Crippen LogP contribution in [0.15, 0.2) is 24.3 Å². The van der Waals surface area contributed by atoms with Crippen LogP contribution in [-0.4, -0.2) is 35.7 Å². The first-order valence-corrected chi connectivity index (χ1v) is 6.88. The van der Waals surface area contributed by atoms with Crippen LogP contribution in [0, 0.1) is 17.8 Å². The molecule has 1 fully saturated rings. The van der Waals surface area contributed by atoms with Gasteiger partial charge in [-0.2, -0.15) is 0 Å². The molecule has 0 aliphatic carbocycles. The lowest BCUT2D eigenvalue weighted by Gasteiger charge is -2.25. The molecule has 0 amide bonds. The molecule has 19 heavy (non-hydrogen) atoms. The van der Waals surface area contributed by atoms with Crippen LogP contribution in [0.3, 0.4) is 0 Å². The number of aliphatic hydroxyl groups excluding tert-OH is 1. The smallest absolute Gasteiger partial charge is 0.0589 e. The zero-order valence-corrected chi connectivity index (χ0v) is 11.5. The molecule has 1 aromatic rings. The molecule has 2 rings (SSSR count). The van der Waals surface area contributed by atoms with Gasteiger partial charge in [0, 0.05) is 18.2 Å². The summed E-state index contributed by atoms with van der Waals surface area (Å²) in [6.45, 7) is 4.73. The first-order chi connectivity index (χ1) is 9.26. The third-order valence-corrected chi connectivity index (χ3v) is 3.90. The average Bonchev–Trinajstić information content (AvgIpc) is 2.78. The number of hydrogen-bond acceptors (Lipinski definition) is 3. The summed E-state index contributed by atoms with van der Waals surface area (Å²) < 4.78 is 0. The third-order valence-electron chi connectivity index (χ3n) is 3.90. The summed E-state index contributed by atoms with van der Waals surface area (Å²) in [6.07, 6.45) is 1.15. The monoisotopic (exact) mass is 258 g/mol. The van der Waals surface area contributed by atoms with Crippen LogP contribution in [0.25, 0.3) is 0 Å². The van der Waals surface area contributed by atoms with Gasteiger partial charge in [-0.25, -0.2) is 0 Å². The number of benzene rings is 1. The summed E-state index contributed by atoms with van der Waals surface area (Å²) in [5.41, 5.74) is 7.70. The Hall–Kier alpha value is -1.34. The van der Waals surface area contributed by atoms with Crippen molar-refractivity contribution in [1.82, 2.24) is 4.90 Å². The quantitative estimate of drug-likeness (QED) is 0.801. The number of likely N-dealkylation sites (tertiary alicyclic amines) is 1. The molecule has 3 N–H and O–H groups in total. The number of rotatable bonds is 3. The predicted molar refractivity (Wildman–Crippen MR) is 77.4 cm³/mol. The van der Waals surface area contributed by atoms with E-state index < -0.39 is 0 Å². The van der Waals surface area contributed by atoms with Crippen molar-refractivity contribution in [3.63, 3.8) is 0 Å². The van der Waals surface area contributed by atoms with Crippen LogP contribution in [-0.2, 0) is 6.54 Å². The van der Waals surface area contributed by atoms with Crippen LogP contribution < -0.4 is 5.73 Å². The fourth-order valence-corrected chi connectivity index (χ4v) is 2.72. The minimum Gasteiger partial charge on any atom is -0.395 e. The van der Waals surface area contributed by atoms with Gasteiger partial charge >= 0.3 is 0 Å². The second-order valence-electron chi connectivity index (χ2n) is 5.15. The number of nitrogens with zero attached hydrogens (tertiary/aromatic N) is 1. The molecule has 0 bridgehead atoms. The molecule has 0 saturated carbocycles. The van der Waals surface area contributed by atoms with Crippen LogP contribution in [0.2, 0.25) is 0 Å². The van der Waals surface area contributed by atoms with E-state index in [4.69, 9.17) is 5.73 Å². The van der Waals surface area contributed by atoms with E-state index in [9.17, 15) is 5.11 Å². The maximum Gasteiger partial charge on any atom is 0.0589 e. The Kier molecular flexibility index (Phi) is 4.98. The second-order valence-corrected chi connectivity index (χ2v) is 5.15. The highest BCUT2D eigenvalue weighted by Crippen LogP contribution is 2.25. The molecule has 3 heteroatoms. The normalized spacial score (nSPS) is 23.1. The molecule has 102 valence electrons. The van der Waals surface area contributed by atoms with Gasteiger partial charge in [0.05, 0.1) is 13.2 Å². The van der Waals surface area contributed by atoms with E-state index in [0.717, 1.165) is 25.1 Å². The largest absolute Gasteiger partial charge is 0.395 e. The zero-order chi connectivity index (χ0) is 13.7. The van der Waals surface area contributed by atoms with E-state index in [1.54, 1.807) is 0 Å². The molecular formula is C16H22N2O. The first-order valence-electron chi connectivity index (χ1n) is 6.88. The van der Waals surface area contributed by atoms with Crippen molar-refractivity contribution < 1.29 is 5.11 Å². The van der Waals surface area contributed by atoms with E-state index in [-0.39, 0.29) is 12.6 Å². The van der Waals surface area contributed by atoms with Crippen LogP contribution in [0.4, 0.5) is 0 Å². The summed E-state index contributed by atoms with van der Waals surface area (Å²) in [6, 6.07) is 8.45. The summed E-state index contributed by atoms with van der Waals surface area (Å²) in [5.74, 6) is 6.60. The molecule has 2 unspecified atom stereocenters. The highest BCUT2D eigenvalue weighted by molar-refractivity contribution is 5.41. The first kappa shape index (κ1) is 14.1. The fourth-order valence-electron chi connectivity index (χ4n) is 2.72. The van der Waals surface area contributed by atoms with Crippen molar-refractivity contribution in [3.05, 3.63) is 35.4 Å². The molecule has 1 heterocycles. The molecule has 1 aromatic carbocycles. The summed E-state index contributed by atoms with van der Waals surface area (Å²) in [5, 5.41) is 9.51.